The van der Waals surface area contributed by atoms with Crippen molar-refractivity contribution in [1.82, 2.24) is 4.98 Å². The van der Waals surface area contributed by atoms with Gasteiger partial charge in [0.2, 0.25) is 5.88 Å². The first-order valence-corrected chi connectivity index (χ1v) is 4.04. The molecule has 12 heavy (non-hydrogen) atoms. The van der Waals surface area contributed by atoms with Gasteiger partial charge in [0, 0.05) is 12.5 Å². The first kappa shape index (κ1) is 9.06. The van der Waals surface area contributed by atoms with Gasteiger partial charge in [0.15, 0.2) is 5.89 Å². The zero-order valence-electron chi connectivity index (χ0n) is 7.37. The second kappa shape index (κ2) is 4.11. The molecule has 68 valence electrons. The summed E-state index contributed by atoms with van der Waals surface area (Å²) in [5.74, 6) is 1.64. The van der Waals surface area contributed by atoms with Crippen molar-refractivity contribution in [2.24, 2.45) is 0 Å². The molecule has 2 N–H and O–H groups in total. The molecule has 0 aliphatic rings. The van der Waals surface area contributed by atoms with E-state index in [1.54, 1.807) is 6.20 Å². The second-order valence-corrected chi connectivity index (χ2v) is 2.87. The van der Waals surface area contributed by atoms with Gasteiger partial charge in [-0.2, -0.15) is 0 Å². The molecule has 0 spiro atoms. The van der Waals surface area contributed by atoms with E-state index in [-0.39, 0.29) is 6.61 Å². The van der Waals surface area contributed by atoms with Gasteiger partial charge in [0.1, 0.15) is 0 Å². The predicted molar refractivity (Wildman–Crippen MR) is 46.2 cm³/mol. The van der Waals surface area contributed by atoms with Crippen molar-refractivity contribution >= 4 is 5.88 Å². The number of aromatic nitrogens is 1. The minimum Gasteiger partial charge on any atom is -0.425 e. The lowest BCUT2D eigenvalue weighted by Crippen LogP contribution is -2.04. The molecular weight excluding hydrogens is 156 g/mol. The van der Waals surface area contributed by atoms with E-state index < -0.39 is 0 Å². The average Bonchev–Trinajstić information content (AvgIpc) is 2.48. The molecule has 0 saturated carbocycles. The summed E-state index contributed by atoms with van der Waals surface area (Å²) in [5, 5.41) is 11.4. The summed E-state index contributed by atoms with van der Waals surface area (Å²) >= 11 is 0. The molecule has 4 heteroatoms. The largest absolute Gasteiger partial charge is 0.425 e. The fourth-order valence-electron chi connectivity index (χ4n) is 0.815. The quantitative estimate of drug-likeness (QED) is 0.713. The molecule has 0 bridgehead atoms. The number of aliphatic hydroxyl groups is 1. The average molecular weight is 170 g/mol. The van der Waals surface area contributed by atoms with Crippen LogP contribution in [0.25, 0.3) is 0 Å². The van der Waals surface area contributed by atoms with Crippen LogP contribution in [-0.2, 0) is 0 Å². The van der Waals surface area contributed by atoms with E-state index in [2.05, 4.69) is 10.3 Å². The molecule has 0 atom stereocenters. The number of nitrogens with one attached hydrogen (secondary N) is 1. The Balaban J connectivity index is 2.52. The van der Waals surface area contributed by atoms with Crippen LogP contribution in [0.15, 0.2) is 10.6 Å². The Bertz CT molecular complexity index is 233. The highest BCUT2D eigenvalue weighted by atomic mass is 16.4. The van der Waals surface area contributed by atoms with Gasteiger partial charge in [0.05, 0.1) is 12.8 Å². The molecular formula is C8H14N2O2. The van der Waals surface area contributed by atoms with Crippen molar-refractivity contribution < 1.29 is 9.52 Å². The third-order valence-electron chi connectivity index (χ3n) is 1.43. The molecule has 0 aromatic carbocycles. The molecule has 0 aliphatic carbocycles. The van der Waals surface area contributed by atoms with Crippen molar-refractivity contribution in [3.63, 3.8) is 0 Å². The summed E-state index contributed by atoms with van der Waals surface area (Å²) in [6.07, 6.45) is 1.63. The van der Waals surface area contributed by atoms with E-state index in [1.165, 1.54) is 0 Å². The first-order chi connectivity index (χ1) is 5.74. The molecule has 1 aromatic rings. The lowest BCUT2D eigenvalue weighted by atomic mass is 10.2. The highest BCUT2D eigenvalue weighted by molar-refractivity contribution is 5.27. The van der Waals surface area contributed by atoms with Crippen molar-refractivity contribution in [1.29, 1.82) is 0 Å². The van der Waals surface area contributed by atoms with Crippen LogP contribution in [0.2, 0.25) is 0 Å². The Labute approximate surface area is 71.6 Å². The summed E-state index contributed by atoms with van der Waals surface area (Å²) in [5.41, 5.74) is 0. The van der Waals surface area contributed by atoms with Gasteiger partial charge in [-0.05, 0) is 0 Å². The van der Waals surface area contributed by atoms with E-state index >= 15 is 0 Å². The van der Waals surface area contributed by atoms with Crippen LogP contribution in [-0.4, -0.2) is 23.2 Å². The maximum absolute atomic E-state index is 8.52. The van der Waals surface area contributed by atoms with E-state index in [0.29, 0.717) is 18.3 Å². The third-order valence-corrected chi connectivity index (χ3v) is 1.43. The molecule has 4 nitrogen and oxygen atoms in total. The van der Waals surface area contributed by atoms with Gasteiger partial charge >= 0.3 is 0 Å². The molecule has 1 aromatic heterocycles. The molecule has 0 fully saturated rings. The zero-order valence-corrected chi connectivity index (χ0v) is 7.37. The maximum Gasteiger partial charge on any atom is 0.213 e. The minimum absolute atomic E-state index is 0.0950. The van der Waals surface area contributed by atoms with E-state index in [0.717, 1.165) is 5.89 Å². The molecule has 0 unspecified atom stereocenters. The topological polar surface area (TPSA) is 58.3 Å². The van der Waals surface area contributed by atoms with Crippen LogP contribution >= 0.6 is 0 Å². The van der Waals surface area contributed by atoms with E-state index in [4.69, 9.17) is 9.52 Å². The smallest absolute Gasteiger partial charge is 0.213 e. The number of hydrogen-bond acceptors (Lipinski definition) is 4. The van der Waals surface area contributed by atoms with Crippen LogP contribution in [0.3, 0.4) is 0 Å². The Morgan fingerprint density at radius 2 is 2.42 bits per heavy atom. The normalized spacial score (nSPS) is 10.7. The van der Waals surface area contributed by atoms with Gasteiger partial charge in [-0.15, -0.1) is 0 Å². The highest BCUT2D eigenvalue weighted by Crippen LogP contribution is 2.16. The van der Waals surface area contributed by atoms with Crippen molar-refractivity contribution in [2.75, 3.05) is 18.5 Å². The molecule has 0 amide bonds. The van der Waals surface area contributed by atoms with Crippen LogP contribution in [0.5, 0.6) is 0 Å². The summed E-state index contributed by atoms with van der Waals surface area (Å²) in [6, 6.07) is 0. The standard InChI is InChI=1S/C8H14N2O2/c1-6(2)8-10-5-7(12-8)9-3-4-11/h5-6,9,11H,3-4H2,1-2H3. The number of rotatable bonds is 4. The number of hydrogen-bond donors (Lipinski definition) is 2. The van der Waals surface area contributed by atoms with Crippen molar-refractivity contribution in [3.8, 4) is 0 Å². The Kier molecular flexibility index (Phi) is 3.10. The summed E-state index contributed by atoms with van der Waals surface area (Å²) in [4.78, 5) is 4.06. The van der Waals surface area contributed by atoms with Crippen molar-refractivity contribution in [2.45, 2.75) is 19.8 Å². The summed E-state index contributed by atoms with van der Waals surface area (Å²) < 4.78 is 5.31. The Hall–Kier alpha value is -1.03. The number of aliphatic hydroxyl groups excluding tert-OH is 1. The van der Waals surface area contributed by atoms with Crippen LogP contribution in [0, 0.1) is 0 Å². The second-order valence-electron chi connectivity index (χ2n) is 2.87. The molecule has 0 radical (unpaired) electrons. The van der Waals surface area contributed by atoms with Gasteiger partial charge in [-0.25, -0.2) is 4.98 Å². The SMILES string of the molecule is CC(C)c1ncc(NCCO)o1. The summed E-state index contributed by atoms with van der Waals surface area (Å²) in [7, 11) is 0. The lowest BCUT2D eigenvalue weighted by molar-refractivity contribution is 0.309. The fraction of sp³-hybridized carbons (Fsp3) is 0.625. The van der Waals surface area contributed by atoms with Crippen LogP contribution < -0.4 is 5.32 Å². The maximum atomic E-state index is 8.52. The van der Waals surface area contributed by atoms with E-state index in [9.17, 15) is 0 Å². The fourth-order valence-corrected chi connectivity index (χ4v) is 0.815. The molecule has 1 heterocycles. The summed E-state index contributed by atoms with van der Waals surface area (Å²) in [6.45, 7) is 4.62. The Morgan fingerprint density at radius 3 is 2.92 bits per heavy atom. The first-order valence-electron chi connectivity index (χ1n) is 4.04. The number of oxazole rings is 1. The van der Waals surface area contributed by atoms with Gasteiger partial charge in [0.25, 0.3) is 0 Å². The van der Waals surface area contributed by atoms with E-state index in [1.807, 2.05) is 13.8 Å². The monoisotopic (exact) mass is 170 g/mol. The van der Waals surface area contributed by atoms with Crippen LogP contribution in [0.4, 0.5) is 5.88 Å². The third kappa shape index (κ3) is 2.23. The van der Waals surface area contributed by atoms with Gasteiger partial charge < -0.3 is 14.8 Å². The molecule has 0 saturated heterocycles. The van der Waals surface area contributed by atoms with Crippen molar-refractivity contribution in [3.05, 3.63) is 12.1 Å². The number of anilines is 1. The minimum atomic E-state index is 0.0950. The Morgan fingerprint density at radius 1 is 1.67 bits per heavy atom. The lowest BCUT2D eigenvalue weighted by Gasteiger charge is -1.98. The van der Waals surface area contributed by atoms with Gasteiger partial charge in [-0.3, -0.25) is 0 Å². The number of nitrogens with zero attached hydrogens (tertiary/aromatic N) is 1. The molecule has 0 aliphatic heterocycles. The molecule has 1 rings (SSSR count). The zero-order chi connectivity index (χ0) is 8.97. The van der Waals surface area contributed by atoms with Gasteiger partial charge in [-0.1, -0.05) is 13.8 Å². The van der Waals surface area contributed by atoms with Crippen LogP contribution in [0.1, 0.15) is 25.7 Å². The predicted octanol–water partition coefficient (Wildman–Crippen LogP) is 1.20. The highest BCUT2D eigenvalue weighted by Gasteiger charge is 2.06.